The van der Waals surface area contributed by atoms with Crippen LogP contribution in [-0.2, 0) is 0 Å². The van der Waals surface area contributed by atoms with E-state index in [0.717, 1.165) is 19.4 Å². The Morgan fingerprint density at radius 3 is 2.62 bits per heavy atom. The smallest absolute Gasteiger partial charge is 0.261 e. The first kappa shape index (κ1) is 14.2. The van der Waals surface area contributed by atoms with Gasteiger partial charge in [0.15, 0.2) is 0 Å². The van der Waals surface area contributed by atoms with E-state index in [2.05, 4.69) is 5.32 Å². The van der Waals surface area contributed by atoms with E-state index < -0.39 is 0 Å². The van der Waals surface area contributed by atoms with Crippen molar-refractivity contribution in [3.05, 3.63) is 23.8 Å². The molecule has 1 amide bonds. The molecule has 0 radical (unpaired) electrons. The van der Waals surface area contributed by atoms with Crippen LogP contribution >= 0.6 is 0 Å². The minimum Gasteiger partial charge on any atom is -0.507 e. The van der Waals surface area contributed by atoms with Crippen LogP contribution in [0.4, 0.5) is 0 Å². The number of hydrogen-bond donors (Lipinski definition) is 3. The summed E-state index contributed by atoms with van der Waals surface area (Å²) in [5.74, 6) is -0.103. The van der Waals surface area contributed by atoms with Gasteiger partial charge in [0.1, 0.15) is 17.1 Å². The maximum Gasteiger partial charge on any atom is 0.261 e. The summed E-state index contributed by atoms with van der Waals surface area (Å²) in [6.07, 6.45) is 4.49. The van der Waals surface area contributed by atoms with Crippen molar-refractivity contribution in [3.63, 3.8) is 0 Å². The highest BCUT2D eigenvalue weighted by Gasteiger charge is 2.32. The van der Waals surface area contributed by atoms with Gasteiger partial charge < -0.3 is 20.4 Å². The Bertz CT molecular complexity index is 506. The van der Waals surface area contributed by atoms with E-state index in [1.165, 1.54) is 31.0 Å². The fraction of sp³-hybridized carbons (Fsp3) is 0.562. The van der Waals surface area contributed by atoms with Crippen LogP contribution in [0.25, 0.3) is 0 Å². The minimum absolute atomic E-state index is 0.0255. The molecule has 0 aromatic heterocycles. The molecule has 3 N–H and O–H groups in total. The predicted octanol–water partition coefficient (Wildman–Crippen LogP) is 1.70. The summed E-state index contributed by atoms with van der Waals surface area (Å²) >= 11 is 0. The number of phenols is 2. The molecular weight excluding hydrogens is 268 g/mol. The van der Waals surface area contributed by atoms with Gasteiger partial charge in [0.25, 0.3) is 5.91 Å². The summed E-state index contributed by atoms with van der Waals surface area (Å²) in [5.41, 5.74) is 0.0255. The Hall–Kier alpha value is -1.75. The molecule has 0 aliphatic carbocycles. The predicted molar refractivity (Wildman–Crippen MR) is 79.4 cm³/mol. The summed E-state index contributed by atoms with van der Waals surface area (Å²) in [6.45, 7) is 2.45. The zero-order valence-electron chi connectivity index (χ0n) is 12.1. The third-order valence-electron chi connectivity index (χ3n) is 4.65. The Kier molecular flexibility index (Phi) is 4.01. The highest BCUT2D eigenvalue weighted by molar-refractivity contribution is 5.99. The zero-order valence-corrected chi connectivity index (χ0v) is 12.1. The second-order valence-corrected chi connectivity index (χ2v) is 6.03. The first-order valence-corrected chi connectivity index (χ1v) is 7.70. The van der Waals surface area contributed by atoms with E-state index in [4.69, 9.17) is 0 Å². The fourth-order valence-corrected chi connectivity index (χ4v) is 3.54. The number of carbonyl (C=O) groups excluding carboxylic acids is 1. The molecular formula is C16H22N2O3. The molecule has 0 spiro atoms. The van der Waals surface area contributed by atoms with Crippen LogP contribution in [0.3, 0.4) is 0 Å². The number of amides is 1. The molecule has 5 heteroatoms. The quantitative estimate of drug-likeness (QED) is 0.775. The van der Waals surface area contributed by atoms with Gasteiger partial charge in [-0.25, -0.2) is 0 Å². The molecule has 2 unspecified atom stereocenters. The fourth-order valence-electron chi connectivity index (χ4n) is 3.54. The Morgan fingerprint density at radius 1 is 1.19 bits per heavy atom. The lowest BCUT2D eigenvalue weighted by molar-refractivity contribution is 0.0645. The summed E-state index contributed by atoms with van der Waals surface area (Å²) in [5, 5.41) is 23.2. The molecule has 2 fully saturated rings. The summed E-state index contributed by atoms with van der Waals surface area (Å²) in [6, 6.07) is 4.90. The van der Waals surface area contributed by atoms with E-state index >= 15 is 0 Å². The van der Waals surface area contributed by atoms with Crippen LogP contribution in [0.5, 0.6) is 11.5 Å². The number of carbonyl (C=O) groups is 1. The molecule has 21 heavy (non-hydrogen) atoms. The lowest BCUT2D eigenvalue weighted by Gasteiger charge is -2.36. The third kappa shape index (κ3) is 2.83. The van der Waals surface area contributed by atoms with Crippen molar-refractivity contribution in [2.75, 3.05) is 19.6 Å². The van der Waals surface area contributed by atoms with Crippen molar-refractivity contribution in [1.29, 1.82) is 0 Å². The van der Waals surface area contributed by atoms with E-state index in [9.17, 15) is 15.0 Å². The SMILES string of the molecule is O=C(c1c(O)cccc1O)N1CCCC(C2CCCN2)C1. The molecule has 1 aromatic carbocycles. The molecule has 0 bridgehead atoms. The van der Waals surface area contributed by atoms with Gasteiger partial charge in [-0.1, -0.05) is 6.07 Å². The Balaban J connectivity index is 1.75. The van der Waals surface area contributed by atoms with Gasteiger partial charge >= 0.3 is 0 Å². The van der Waals surface area contributed by atoms with Gasteiger partial charge in [0.05, 0.1) is 0 Å². The Labute approximate surface area is 124 Å². The van der Waals surface area contributed by atoms with Crippen molar-refractivity contribution in [3.8, 4) is 11.5 Å². The monoisotopic (exact) mass is 290 g/mol. The number of benzene rings is 1. The standard InChI is InChI=1S/C16H22N2O3/c19-13-6-1-7-14(20)15(13)16(21)18-9-3-4-11(10-18)12-5-2-8-17-12/h1,6-7,11-12,17,19-20H,2-5,8-10H2. The number of nitrogens with zero attached hydrogens (tertiary/aromatic N) is 1. The first-order valence-electron chi connectivity index (χ1n) is 7.70. The highest BCUT2D eigenvalue weighted by atomic mass is 16.3. The minimum atomic E-state index is -0.270. The number of nitrogens with one attached hydrogen (secondary N) is 1. The van der Waals surface area contributed by atoms with Crippen molar-refractivity contribution < 1.29 is 15.0 Å². The molecule has 2 atom stereocenters. The molecule has 2 heterocycles. The second kappa shape index (κ2) is 5.93. The molecule has 114 valence electrons. The van der Waals surface area contributed by atoms with Crippen molar-refractivity contribution in [1.82, 2.24) is 10.2 Å². The van der Waals surface area contributed by atoms with Crippen molar-refractivity contribution in [2.45, 2.75) is 31.7 Å². The molecule has 2 aliphatic heterocycles. The van der Waals surface area contributed by atoms with Gasteiger partial charge in [-0.3, -0.25) is 4.79 Å². The van der Waals surface area contributed by atoms with Gasteiger partial charge in [-0.2, -0.15) is 0 Å². The molecule has 0 saturated carbocycles. The highest BCUT2D eigenvalue weighted by Crippen LogP contribution is 2.31. The lowest BCUT2D eigenvalue weighted by Crippen LogP contribution is -2.45. The molecule has 2 saturated heterocycles. The average Bonchev–Trinajstić information content (AvgIpc) is 3.01. The van der Waals surface area contributed by atoms with Crippen LogP contribution < -0.4 is 5.32 Å². The number of likely N-dealkylation sites (tertiary alicyclic amines) is 1. The third-order valence-corrected chi connectivity index (χ3v) is 4.65. The van der Waals surface area contributed by atoms with Gasteiger partial charge in [-0.05, 0) is 50.3 Å². The molecule has 3 rings (SSSR count). The van der Waals surface area contributed by atoms with Crippen molar-refractivity contribution in [2.24, 2.45) is 5.92 Å². The van der Waals surface area contributed by atoms with Gasteiger partial charge in [0, 0.05) is 19.1 Å². The maximum absolute atomic E-state index is 12.6. The largest absolute Gasteiger partial charge is 0.507 e. The van der Waals surface area contributed by atoms with Gasteiger partial charge in [0.2, 0.25) is 0 Å². The second-order valence-electron chi connectivity index (χ2n) is 6.03. The van der Waals surface area contributed by atoms with E-state index in [1.54, 1.807) is 4.90 Å². The summed E-state index contributed by atoms with van der Waals surface area (Å²) < 4.78 is 0. The van der Waals surface area contributed by atoms with Crippen LogP contribution in [0, 0.1) is 5.92 Å². The summed E-state index contributed by atoms with van der Waals surface area (Å²) in [7, 11) is 0. The lowest BCUT2D eigenvalue weighted by atomic mass is 9.89. The number of rotatable bonds is 2. The first-order chi connectivity index (χ1) is 10.2. The number of aromatic hydroxyl groups is 2. The Morgan fingerprint density at radius 2 is 1.95 bits per heavy atom. The number of piperidine rings is 1. The van der Waals surface area contributed by atoms with Crippen LogP contribution in [-0.4, -0.2) is 46.7 Å². The maximum atomic E-state index is 12.6. The van der Waals surface area contributed by atoms with Gasteiger partial charge in [-0.15, -0.1) is 0 Å². The number of phenolic OH excluding ortho intramolecular Hbond substituents is 2. The van der Waals surface area contributed by atoms with E-state index in [0.29, 0.717) is 25.0 Å². The zero-order chi connectivity index (χ0) is 14.8. The molecule has 1 aromatic rings. The summed E-state index contributed by atoms with van der Waals surface area (Å²) in [4.78, 5) is 14.4. The normalized spacial score (nSPS) is 26.0. The average molecular weight is 290 g/mol. The van der Waals surface area contributed by atoms with Crippen LogP contribution in [0.1, 0.15) is 36.0 Å². The molecule has 5 nitrogen and oxygen atoms in total. The van der Waals surface area contributed by atoms with Crippen LogP contribution in [0.15, 0.2) is 18.2 Å². The van der Waals surface area contributed by atoms with Crippen molar-refractivity contribution >= 4 is 5.91 Å². The topological polar surface area (TPSA) is 72.8 Å². The van der Waals surface area contributed by atoms with Crippen LogP contribution in [0.2, 0.25) is 0 Å². The van der Waals surface area contributed by atoms with E-state index in [-0.39, 0.29) is 23.0 Å². The molecule has 2 aliphatic rings. The number of hydrogen-bond acceptors (Lipinski definition) is 4. The van der Waals surface area contributed by atoms with E-state index in [1.807, 2.05) is 0 Å².